The van der Waals surface area contributed by atoms with Crippen LogP contribution in [0.15, 0.2) is 0 Å². The van der Waals surface area contributed by atoms with Crippen LogP contribution in [0, 0.1) is 22.7 Å². The normalized spacial score (nSPS) is 43.1. The summed E-state index contributed by atoms with van der Waals surface area (Å²) >= 11 is 0. The first-order valence-corrected chi connectivity index (χ1v) is 10.2. The van der Waals surface area contributed by atoms with E-state index in [0.29, 0.717) is 0 Å². The van der Waals surface area contributed by atoms with Crippen molar-refractivity contribution in [2.24, 2.45) is 22.7 Å². The fourth-order valence-electron chi connectivity index (χ4n) is 6.21. The van der Waals surface area contributed by atoms with Crippen LogP contribution >= 0.6 is 0 Å². The summed E-state index contributed by atoms with van der Waals surface area (Å²) in [5, 5.41) is 0. The molecule has 0 aromatic carbocycles. The van der Waals surface area contributed by atoms with Gasteiger partial charge in [-0.05, 0) is 80.5 Å². The molecule has 0 aliphatic heterocycles. The van der Waals surface area contributed by atoms with Crippen molar-refractivity contribution in [3.63, 3.8) is 0 Å². The van der Waals surface area contributed by atoms with Gasteiger partial charge in [0.05, 0.1) is 0 Å². The molecule has 0 unspecified atom stereocenters. The quantitative estimate of drug-likeness (QED) is 0.457. The molecule has 0 amide bonds. The summed E-state index contributed by atoms with van der Waals surface area (Å²) in [5.74, 6) is 2.17. The van der Waals surface area contributed by atoms with E-state index in [9.17, 15) is 0 Å². The van der Waals surface area contributed by atoms with Gasteiger partial charge in [0.2, 0.25) is 0 Å². The van der Waals surface area contributed by atoms with E-state index in [0.717, 1.165) is 22.7 Å². The van der Waals surface area contributed by atoms with Gasteiger partial charge in [-0.25, -0.2) is 0 Å². The lowest BCUT2D eigenvalue weighted by atomic mass is 9.47. The maximum atomic E-state index is 2.40. The predicted molar refractivity (Wildman–Crippen MR) is 92.4 cm³/mol. The van der Waals surface area contributed by atoms with E-state index in [-0.39, 0.29) is 0 Å². The topological polar surface area (TPSA) is 0 Å². The predicted octanol–water partition coefficient (Wildman–Crippen LogP) is 7.12. The molecule has 4 aliphatic rings. The number of fused-ring (bicyclic) bond motifs is 3. The minimum atomic E-state index is 0.803. The summed E-state index contributed by atoms with van der Waals surface area (Å²) in [7, 11) is 0. The van der Waals surface area contributed by atoms with Gasteiger partial charge >= 0.3 is 0 Å². The van der Waals surface area contributed by atoms with Crippen LogP contribution in [0.1, 0.15) is 110 Å². The molecule has 0 N–H and O–H groups in total. The monoisotopic (exact) mass is 290 g/mol. The number of rotatable bonds is 6. The third-order valence-electron chi connectivity index (χ3n) is 8.06. The van der Waals surface area contributed by atoms with Crippen LogP contribution < -0.4 is 0 Å². The molecule has 4 rings (SSSR count). The highest BCUT2D eigenvalue weighted by Crippen LogP contribution is 2.63. The summed E-state index contributed by atoms with van der Waals surface area (Å²) in [6.07, 6.45) is 23.1. The first kappa shape index (κ1) is 15.9. The second-order valence-corrected chi connectivity index (χ2v) is 8.95. The molecular formula is C21H38. The average molecular weight is 291 g/mol. The Kier molecular flexibility index (Phi) is 5.01. The molecule has 0 saturated heterocycles. The fraction of sp³-hybridized carbons (Fsp3) is 1.00. The molecule has 0 nitrogen and oxygen atoms in total. The van der Waals surface area contributed by atoms with Crippen molar-refractivity contribution in [3.8, 4) is 0 Å². The van der Waals surface area contributed by atoms with Crippen molar-refractivity contribution in [1.29, 1.82) is 0 Å². The van der Waals surface area contributed by atoms with Gasteiger partial charge in [-0.15, -0.1) is 0 Å². The van der Waals surface area contributed by atoms with Crippen LogP contribution in [-0.2, 0) is 0 Å². The smallest absolute Gasteiger partial charge is 0.0269 e. The molecule has 4 fully saturated rings. The summed E-state index contributed by atoms with van der Waals surface area (Å²) in [6.45, 7) is 4.74. The van der Waals surface area contributed by atoms with Gasteiger partial charge in [0, 0.05) is 0 Å². The third-order valence-corrected chi connectivity index (χ3v) is 8.06. The molecule has 0 heterocycles. The van der Waals surface area contributed by atoms with Crippen molar-refractivity contribution in [1.82, 2.24) is 0 Å². The molecule has 122 valence electrons. The van der Waals surface area contributed by atoms with Crippen LogP contribution in [0.5, 0.6) is 0 Å². The SMILES string of the molecule is CCCCCC12CCC(C3CCC(CC)CC3)(CC1)CC2. The maximum absolute atomic E-state index is 2.40. The molecule has 0 aromatic rings. The average Bonchev–Trinajstić information content (AvgIpc) is 2.57. The van der Waals surface area contributed by atoms with Gasteiger partial charge in [0.15, 0.2) is 0 Å². The lowest BCUT2D eigenvalue weighted by Gasteiger charge is -2.58. The molecule has 0 radical (unpaired) electrons. The van der Waals surface area contributed by atoms with E-state index in [1.54, 1.807) is 70.6 Å². The van der Waals surface area contributed by atoms with Gasteiger partial charge in [0.1, 0.15) is 0 Å². The first-order chi connectivity index (χ1) is 10.2. The summed E-state index contributed by atoms with van der Waals surface area (Å²) in [4.78, 5) is 0. The largest absolute Gasteiger partial charge is 0.0654 e. The van der Waals surface area contributed by atoms with Gasteiger partial charge < -0.3 is 0 Å². The molecule has 21 heavy (non-hydrogen) atoms. The zero-order chi connectivity index (χ0) is 14.8. The molecular weight excluding hydrogens is 252 g/mol. The standard InChI is InChI=1S/C21H38/c1-3-5-6-11-20-12-15-21(16-13-20,17-14-20)19-9-7-18(4-2)8-10-19/h18-19H,3-17H2,1-2H3. The molecule has 4 aliphatic carbocycles. The van der Waals surface area contributed by atoms with Crippen molar-refractivity contribution in [2.45, 2.75) is 110 Å². The van der Waals surface area contributed by atoms with E-state index in [2.05, 4.69) is 13.8 Å². The summed E-state index contributed by atoms with van der Waals surface area (Å²) in [5.41, 5.74) is 1.61. The zero-order valence-corrected chi connectivity index (χ0v) is 14.8. The maximum Gasteiger partial charge on any atom is -0.0269 e. The van der Waals surface area contributed by atoms with Crippen LogP contribution in [0.4, 0.5) is 0 Å². The lowest BCUT2D eigenvalue weighted by Crippen LogP contribution is -2.46. The van der Waals surface area contributed by atoms with Crippen LogP contribution in [-0.4, -0.2) is 0 Å². The Bertz CT molecular complexity index is 296. The van der Waals surface area contributed by atoms with Crippen molar-refractivity contribution in [3.05, 3.63) is 0 Å². The Hall–Kier alpha value is 0. The fourth-order valence-corrected chi connectivity index (χ4v) is 6.21. The second kappa shape index (κ2) is 6.63. The molecule has 0 heteroatoms. The van der Waals surface area contributed by atoms with E-state index in [1.807, 2.05) is 0 Å². The molecule has 2 bridgehead atoms. The Morgan fingerprint density at radius 2 is 1.38 bits per heavy atom. The highest BCUT2D eigenvalue weighted by molar-refractivity contribution is 5.02. The van der Waals surface area contributed by atoms with Gasteiger partial charge in [-0.2, -0.15) is 0 Å². The minimum absolute atomic E-state index is 0.803. The Morgan fingerprint density at radius 3 is 1.90 bits per heavy atom. The zero-order valence-electron chi connectivity index (χ0n) is 14.8. The third kappa shape index (κ3) is 3.20. The van der Waals surface area contributed by atoms with Crippen LogP contribution in [0.25, 0.3) is 0 Å². The lowest BCUT2D eigenvalue weighted by molar-refractivity contribution is -0.0653. The minimum Gasteiger partial charge on any atom is -0.0654 e. The van der Waals surface area contributed by atoms with Crippen LogP contribution in [0.2, 0.25) is 0 Å². The molecule has 0 atom stereocenters. The summed E-state index contributed by atoms with van der Waals surface area (Å²) in [6, 6.07) is 0. The highest BCUT2D eigenvalue weighted by atomic mass is 14.6. The molecule has 0 spiro atoms. The van der Waals surface area contributed by atoms with E-state index >= 15 is 0 Å². The first-order valence-electron chi connectivity index (χ1n) is 10.2. The van der Waals surface area contributed by atoms with E-state index < -0.39 is 0 Å². The molecule has 4 saturated carbocycles. The Balaban J connectivity index is 1.54. The highest BCUT2D eigenvalue weighted by Gasteiger charge is 2.51. The molecule has 0 aromatic heterocycles. The van der Waals surface area contributed by atoms with Crippen molar-refractivity contribution in [2.75, 3.05) is 0 Å². The van der Waals surface area contributed by atoms with Crippen molar-refractivity contribution < 1.29 is 0 Å². The number of hydrogen-bond donors (Lipinski definition) is 0. The Labute approximate surface area is 133 Å². The summed E-state index contributed by atoms with van der Waals surface area (Å²) < 4.78 is 0. The number of unbranched alkanes of at least 4 members (excludes halogenated alkanes) is 2. The Morgan fingerprint density at radius 1 is 0.762 bits per heavy atom. The van der Waals surface area contributed by atoms with Crippen LogP contribution in [0.3, 0.4) is 0 Å². The van der Waals surface area contributed by atoms with E-state index in [1.165, 1.54) is 25.7 Å². The van der Waals surface area contributed by atoms with Crippen molar-refractivity contribution >= 4 is 0 Å². The van der Waals surface area contributed by atoms with Gasteiger partial charge in [-0.3, -0.25) is 0 Å². The second-order valence-electron chi connectivity index (χ2n) is 8.95. The van der Waals surface area contributed by atoms with Gasteiger partial charge in [0.25, 0.3) is 0 Å². The van der Waals surface area contributed by atoms with Gasteiger partial charge in [-0.1, -0.05) is 52.4 Å². The van der Waals surface area contributed by atoms with E-state index in [4.69, 9.17) is 0 Å². The number of hydrogen-bond acceptors (Lipinski definition) is 0.